The number of hydrogen-bond acceptors (Lipinski definition) is 3. The van der Waals surface area contributed by atoms with Gasteiger partial charge in [0.05, 0.1) is 16.9 Å². The van der Waals surface area contributed by atoms with Gasteiger partial charge in [-0.3, -0.25) is 4.99 Å². The summed E-state index contributed by atoms with van der Waals surface area (Å²) in [6, 6.07) is 11.9. The van der Waals surface area contributed by atoms with Crippen LogP contribution in [0.1, 0.15) is 6.92 Å². The van der Waals surface area contributed by atoms with Crippen molar-refractivity contribution in [2.75, 3.05) is 12.4 Å². The Kier molecular flexibility index (Phi) is 4.08. The smallest absolute Gasteiger partial charge is 0.131 e. The van der Waals surface area contributed by atoms with Gasteiger partial charge in [-0.25, -0.2) is 4.98 Å². The quantitative estimate of drug-likeness (QED) is 0.842. The van der Waals surface area contributed by atoms with Gasteiger partial charge in [0.15, 0.2) is 0 Å². The van der Waals surface area contributed by atoms with Gasteiger partial charge in [-0.15, -0.1) is 0 Å². The lowest BCUT2D eigenvalue weighted by molar-refractivity contribution is 1.34. The highest BCUT2D eigenvalue weighted by Crippen LogP contribution is 2.15. The van der Waals surface area contributed by atoms with Crippen LogP contribution in [-0.4, -0.2) is 17.7 Å². The molecule has 1 aromatic heterocycles. The molecule has 2 rings (SSSR count). The van der Waals surface area contributed by atoms with Gasteiger partial charge in [0.2, 0.25) is 0 Å². The molecule has 0 aliphatic rings. The van der Waals surface area contributed by atoms with Crippen LogP contribution in [0.5, 0.6) is 0 Å². The van der Waals surface area contributed by atoms with Crippen LogP contribution in [0.2, 0.25) is 0 Å². The predicted molar refractivity (Wildman–Crippen MR) is 81.4 cm³/mol. The van der Waals surface area contributed by atoms with Crippen molar-refractivity contribution in [3.63, 3.8) is 0 Å². The molecule has 0 saturated heterocycles. The zero-order valence-electron chi connectivity index (χ0n) is 11.1. The summed E-state index contributed by atoms with van der Waals surface area (Å²) < 4.78 is 0. The third kappa shape index (κ3) is 3.07. The third-order valence-electron chi connectivity index (χ3n) is 2.70. The van der Waals surface area contributed by atoms with E-state index in [0.717, 1.165) is 10.9 Å². The number of rotatable bonds is 4. The molecule has 0 aliphatic heterocycles. The molecule has 3 heteroatoms. The molecule has 95 valence electrons. The second-order valence-corrected chi connectivity index (χ2v) is 4.04. The first-order valence-electron chi connectivity index (χ1n) is 6.09. The molecule has 1 aromatic carbocycles. The van der Waals surface area contributed by atoms with E-state index in [2.05, 4.69) is 15.3 Å². The van der Waals surface area contributed by atoms with E-state index < -0.39 is 0 Å². The highest BCUT2D eigenvalue weighted by atomic mass is 15.0. The topological polar surface area (TPSA) is 37.3 Å². The summed E-state index contributed by atoms with van der Waals surface area (Å²) in [6.45, 7) is 7.90. The number of nitrogens with zero attached hydrogens (tertiary/aromatic N) is 2. The second kappa shape index (κ2) is 5.96. The van der Waals surface area contributed by atoms with Crippen molar-refractivity contribution in [3.8, 4) is 0 Å². The van der Waals surface area contributed by atoms with Gasteiger partial charge in [0.25, 0.3) is 0 Å². The zero-order valence-corrected chi connectivity index (χ0v) is 11.1. The number of anilines is 1. The van der Waals surface area contributed by atoms with Crippen molar-refractivity contribution in [1.82, 2.24) is 4.98 Å². The van der Waals surface area contributed by atoms with Crippen LogP contribution < -0.4 is 5.32 Å². The largest absolute Gasteiger partial charge is 0.338 e. The van der Waals surface area contributed by atoms with Gasteiger partial charge in [0.1, 0.15) is 5.82 Å². The van der Waals surface area contributed by atoms with Gasteiger partial charge in [-0.2, -0.15) is 0 Å². The Morgan fingerprint density at radius 1 is 1.26 bits per heavy atom. The summed E-state index contributed by atoms with van der Waals surface area (Å²) in [4.78, 5) is 8.61. The number of nitrogens with one attached hydrogen (secondary N) is 1. The van der Waals surface area contributed by atoms with Crippen molar-refractivity contribution >= 4 is 22.4 Å². The fourth-order valence-electron chi connectivity index (χ4n) is 1.78. The molecule has 0 aliphatic carbocycles. The maximum absolute atomic E-state index is 5.97. The molecular formula is C16H16N3. The number of hydrogen-bond donors (Lipinski definition) is 1. The third-order valence-corrected chi connectivity index (χ3v) is 2.70. The molecule has 19 heavy (non-hydrogen) atoms. The molecule has 1 radical (unpaired) electrons. The first-order chi connectivity index (χ1) is 9.24. The van der Waals surface area contributed by atoms with Crippen LogP contribution in [0.3, 0.4) is 0 Å². The molecule has 0 unspecified atom stereocenters. The first kappa shape index (κ1) is 13.0. The van der Waals surface area contributed by atoms with E-state index in [4.69, 9.17) is 6.58 Å². The highest BCUT2D eigenvalue weighted by molar-refractivity contribution is 6.09. The van der Waals surface area contributed by atoms with Crippen LogP contribution in [0.4, 0.5) is 5.82 Å². The Morgan fingerprint density at radius 3 is 2.79 bits per heavy atom. The van der Waals surface area contributed by atoms with E-state index >= 15 is 0 Å². The van der Waals surface area contributed by atoms with Crippen molar-refractivity contribution in [1.29, 1.82) is 0 Å². The van der Waals surface area contributed by atoms with Gasteiger partial charge >= 0.3 is 0 Å². The molecular weight excluding hydrogens is 234 g/mol. The Labute approximate surface area is 113 Å². The molecule has 0 bridgehead atoms. The van der Waals surface area contributed by atoms with E-state index in [1.54, 1.807) is 7.05 Å². The van der Waals surface area contributed by atoms with Crippen molar-refractivity contribution in [3.05, 3.63) is 60.8 Å². The Hall–Kier alpha value is -2.42. The summed E-state index contributed by atoms with van der Waals surface area (Å²) in [7, 11) is 1.71. The van der Waals surface area contributed by atoms with Crippen molar-refractivity contribution < 1.29 is 0 Å². The number of para-hydroxylation sites is 1. The fraction of sp³-hybridized carbons (Fsp3) is 0.125. The molecule has 3 nitrogen and oxygen atoms in total. The molecule has 1 heterocycles. The zero-order chi connectivity index (χ0) is 13.7. The number of pyridine rings is 1. The molecule has 0 saturated carbocycles. The van der Waals surface area contributed by atoms with E-state index in [9.17, 15) is 0 Å². The van der Waals surface area contributed by atoms with E-state index in [1.165, 1.54) is 0 Å². The number of fused-ring (bicyclic) bond motifs is 1. The lowest BCUT2D eigenvalue weighted by Gasteiger charge is -2.09. The van der Waals surface area contributed by atoms with Crippen LogP contribution in [0.15, 0.2) is 59.2 Å². The second-order valence-electron chi connectivity index (χ2n) is 4.04. The molecule has 0 fully saturated rings. The standard InChI is InChI=1S/C16H16N3/c1-4-7-14(17-3)12(2)18-16-11-10-13-8-5-6-9-15(13)19-16/h2,4-11H,1,3H3,(H,18,19)/b7-4-,12-2?,17-14?. The molecule has 0 amide bonds. The summed E-state index contributed by atoms with van der Waals surface area (Å²) in [5.41, 5.74) is 2.13. The van der Waals surface area contributed by atoms with Crippen LogP contribution in [-0.2, 0) is 0 Å². The Bertz CT molecular complexity index is 654. The van der Waals surface area contributed by atoms with Gasteiger partial charge < -0.3 is 5.32 Å². The van der Waals surface area contributed by atoms with Crippen molar-refractivity contribution in [2.45, 2.75) is 6.92 Å². The fourth-order valence-corrected chi connectivity index (χ4v) is 1.78. The summed E-state index contributed by atoms with van der Waals surface area (Å²) in [5, 5.41) is 4.17. The minimum absolute atomic E-state index is 0.489. The highest BCUT2D eigenvalue weighted by Gasteiger charge is 2.03. The van der Waals surface area contributed by atoms with Crippen LogP contribution in [0.25, 0.3) is 10.9 Å². The number of aromatic nitrogens is 1. The summed E-state index contributed by atoms with van der Waals surface area (Å²) >= 11 is 0. The van der Waals surface area contributed by atoms with Gasteiger partial charge in [-0.1, -0.05) is 24.3 Å². The van der Waals surface area contributed by atoms with Gasteiger partial charge in [-0.05, 0) is 37.8 Å². The molecule has 0 spiro atoms. The maximum atomic E-state index is 5.97. The number of allylic oxidation sites excluding steroid dienone is 2. The summed E-state index contributed by atoms with van der Waals surface area (Å²) in [6.07, 6.45) is 3.74. The van der Waals surface area contributed by atoms with Crippen LogP contribution in [0, 0.1) is 6.58 Å². The normalized spacial score (nSPS) is 12.0. The Morgan fingerprint density at radius 2 is 2.05 bits per heavy atom. The minimum atomic E-state index is 0.489. The number of aliphatic imine (C=N–C) groups is 1. The summed E-state index contributed by atoms with van der Waals surface area (Å²) in [5.74, 6) is 0.710. The predicted octanol–water partition coefficient (Wildman–Crippen LogP) is 3.61. The first-order valence-corrected chi connectivity index (χ1v) is 6.09. The van der Waals surface area contributed by atoms with Crippen molar-refractivity contribution in [2.24, 2.45) is 4.99 Å². The molecule has 2 aromatic rings. The maximum Gasteiger partial charge on any atom is 0.131 e. The monoisotopic (exact) mass is 250 g/mol. The van der Waals surface area contributed by atoms with E-state index in [0.29, 0.717) is 17.2 Å². The number of benzene rings is 1. The minimum Gasteiger partial charge on any atom is -0.338 e. The van der Waals surface area contributed by atoms with Gasteiger partial charge in [0, 0.05) is 12.4 Å². The SMILES string of the molecule is [CH]=C(Nc1ccc2ccccc2n1)C(/C=C\C)=NC. The molecule has 0 atom stereocenters. The van der Waals surface area contributed by atoms with E-state index in [-0.39, 0.29) is 0 Å². The van der Waals surface area contributed by atoms with Crippen LogP contribution >= 0.6 is 0 Å². The lowest BCUT2D eigenvalue weighted by atomic mass is 10.2. The van der Waals surface area contributed by atoms with E-state index in [1.807, 2.05) is 55.5 Å². The Balaban J connectivity index is 2.24. The average Bonchev–Trinajstić information content (AvgIpc) is 2.44. The average molecular weight is 250 g/mol. The molecule has 1 N–H and O–H groups in total. The lowest BCUT2D eigenvalue weighted by Crippen LogP contribution is -2.09.